The number of aliphatic hydroxyl groups is 1. The summed E-state index contributed by atoms with van der Waals surface area (Å²) in [5.74, 6) is 0.431. The molecule has 1 aliphatic carbocycles. The van der Waals surface area contributed by atoms with Crippen molar-refractivity contribution in [3.05, 3.63) is 35.9 Å². The molecule has 3 N–H and O–H groups in total. The standard InChI is InChI=1S/C14H20N2O2/c17-13(11-4-2-1-3-5-11)10-15-8-9-16-14(18)12-6-7-12/h1-5,12-13,15,17H,6-10H2,(H,16,18). The van der Waals surface area contributed by atoms with E-state index in [1.807, 2.05) is 30.3 Å². The van der Waals surface area contributed by atoms with Crippen LogP contribution in [0.5, 0.6) is 0 Å². The van der Waals surface area contributed by atoms with Gasteiger partial charge in [-0.05, 0) is 18.4 Å². The van der Waals surface area contributed by atoms with E-state index in [1.54, 1.807) is 0 Å². The number of carbonyl (C=O) groups is 1. The Hall–Kier alpha value is -1.39. The highest BCUT2D eigenvalue weighted by molar-refractivity contribution is 5.80. The lowest BCUT2D eigenvalue weighted by atomic mass is 10.1. The molecule has 1 atom stereocenters. The molecule has 4 heteroatoms. The van der Waals surface area contributed by atoms with Gasteiger partial charge >= 0.3 is 0 Å². The molecule has 0 heterocycles. The first-order valence-corrected chi connectivity index (χ1v) is 6.49. The van der Waals surface area contributed by atoms with Gasteiger partial charge in [-0.1, -0.05) is 30.3 Å². The van der Waals surface area contributed by atoms with Gasteiger partial charge in [0.25, 0.3) is 0 Å². The Morgan fingerprint density at radius 2 is 2.00 bits per heavy atom. The lowest BCUT2D eigenvalue weighted by Gasteiger charge is -2.12. The van der Waals surface area contributed by atoms with Gasteiger partial charge in [0.1, 0.15) is 0 Å². The number of benzene rings is 1. The smallest absolute Gasteiger partial charge is 0.223 e. The molecule has 98 valence electrons. The van der Waals surface area contributed by atoms with Crippen molar-refractivity contribution in [3.63, 3.8) is 0 Å². The fourth-order valence-electron chi connectivity index (χ4n) is 1.80. The third-order valence-corrected chi connectivity index (χ3v) is 3.07. The van der Waals surface area contributed by atoms with Gasteiger partial charge in [-0.25, -0.2) is 0 Å². The molecule has 18 heavy (non-hydrogen) atoms. The molecule has 0 aliphatic heterocycles. The van der Waals surface area contributed by atoms with Crippen LogP contribution in [0.3, 0.4) is 0 Å². The van der Waals surface area contributed by atoms with Crippen molar-refractivity contribution in [3.8, 4) is 0 Å². The van der Waals surface area contributed by atoms with Crippen LogP contribution in [0, 0.1) is 5.92 Å². The van der Waals surface area contributed by atoms with Gasteiger partial charge in [-0.15, -0.1) is 0 Å². The third-order valence-electron chi connectivity index (χ3n) is 3.07. The second-order valence-electron chi connectivity index (χ2n) is 4.70. The molecule has 0 saturated heterocycles. The number of nitrogens with one attached hydrogen (secondary N) is 2. The number of aliphatic hydroxyl groups excluding tert-OH is 1. The van der Waals surface area contributed by atoms with Gasteiger partial charge in [-0.2, -0.15) is 0 Å². The summed E-state index contributed by atoms with van der Waals surface area (Å²) in [6.45, 7) is 1.81. The van der Waals surface area contributed by atoms with Crippen molar-refractivity contribution in [2.45, 2.75) is 18.9 Å². The van der Waals surface area contributed by atoms with Crippen molar-refractivity contribution in [1.82, 2.24) is 10.6 Å². The molecular formula is C14H20N2O2. The molecule has 2 rings (SSSR count). The summed E-state index contributed by atoms with van der Waals surface area (Å²) in [5, 5.41) is 15.9. The minimum absolute atomic E-state index is 0.167. The summed E-state index contributed by atoms with van der Waals surface area (Å²) in [5.41, 5.74) is 0.909. The first-order valence-electron chi connectivity index (χ1n) is 6.49. The fraction of sp³-hybridized carbons (Fsp3) is 0.500. The maximum atomic E-state index is 11.3. The molecule has 0 bridgehead atoms. The number of carbonyl (C=O) groups excluding carboxylic acids is 1. The van der Waals surface area contributed by atoms with Crippen molar-refractivity contribution in [2.75, 3.05) is 19.6 Å². The summed E-state index contributed by atoms with van der Waals surface area (Å²) in [7, 11) is 0. The van der Waals surface area contributed by atoms with E-state index in [1.165, 1.54) is 0 Å². The van der Waals surface area contributed by atoms with E-state index in [-0.39, 0.29) is 11.8 Å². The maximum Gasteiger partial charge on any atom is 0.223 e. The van der Waals surface area contributed by atoms with Crippen LogP contribution in [0.15, 0.2) is 30.3 Å². The zero-order valence-corrected chi connectivity index (χ0v) is 10.4. The SMILES string of the molecule is O=C(NCCNCC(O)c1ccccc1)C1CC1. The molecular weight excluding hydrogens is 228 g/mol. The lowest BCUT2D eigenvalue weighted by Crippen LogP contribution is -2.34. The summed E-state index contributed by atoms with van der Waals surface area (Å²) in [4.78, 5) is 11.3. The molecule has 0 aromatic heterocycles. The Bertz CT molecular complexity index is 377. The minimum atomic E-state index is -0.495. The number of amides is 1. The average Bonchev–Trinajstić information content (AvgIpc) is 3.23. The van der Waals surface area contributed by atoms with Crippen LogP contribution in [0.1, 0.15) is 24.5 Å². The van der Waals surface area contributed by atoms with Crippen molar-refractivity contribution >= 4 is 5.91 Å². The quantitative estimate of drug-likeness (QED) is 0.627. The van der Waals surface area contributed by atoms with Crippen molar-refractivity contribution in [2.24, 2.45) is 5.92 Å². The van der Waals surface area contributed by atoms with Crippen molar-refractivity contribution in [1.29, 1.82) is 0 Å². The zero-order valence-electron chi connectivity index (χ0n) is 10.4. The molecule has 1 aromatic rings. The normalized spacial score (nSPS) is 16.3. The largest absolute Gasteiger partial charge is 0.387 e. The van der Waals surface area contributed by atoms with Crippen LogP contribution in [0.25, 0.3) is 0 Å². The molecule has 4 nitrogen and oxygen atoms in total. The van der Waals surface area contributed by atoms with E-state index in [2.05, 4.69) is 10.6 Å². The van der Waals surface area contributed by atoms with Crippen LogP contribution in [0.4, 0.5) is 0 Å². The van der Waals surface area contributed by atoms with E-state index >= 15 is 0 Å². The Morgan fingerprint density at radius 1 is 1.28 bits per heavy atom. The predicted molar refractivity (Wildman–Crippen MR) is 70.0 cm³/mol. The summed E-state index contributed by atoms with van der Waals surface area (Å²) in [6.07, 6.45) is 1.57. The van der Waals surface area contributed by atoms with Gasteiger partial charge in [0.2, 0.25) is 5.91 Å². The molecule has 0 spiro atoms. The highest BCUT2D eigenvalue weighted by Crippen LogP contribution is 2.28. The molecule has 0 radical (unpaired) electrons. The second-order valence-corrected chi connectivity index (χ2v) is 4.70. The van der Waals surface area contributed by atoms with E-state index in [9.17, 15) is 9.90 Å². The van der Waals surface area contributed by atoms with Crippen LogP contribution in [-0.2, 0) is 4.79 Å². The third kappa shape index (κ3) is 4.13. The molecule has 1 saturated carbocycles. The second kappa shape index (κ2) is 6.52. The highest BCUT2D eigenvalue weighted by Gasteiger charge is 2.28. The van der Waals surface area contributed by atoms with Gasteiger partial charge in [0.05, 0.1) is 6.10 Å². The van der Waals surface area contributed by atoms with Gasteiger partial charge in [0.15, 0.2) is 0 Å². The van der Waals surface area contributed by atoms with Gasteiger partial charge in [-0.3, -0.25) is 4.79 Å². The highest BCUT2D eigenvalue weighted by atomic mass is 16.3. The van der Waals surface area contributed by atoms with Crippen LogP contribution >= 0.6 is 0 Å². The number of hydrogen-bond donors (Lipinski definition) is 3. The molecule has 1 aliphatic rings. The zero-order chi connectivity index (χ0) is 12.8. The van der Waals surface area contributed by atoms with Crippen LogP contribution in [0.2, 0.25) is 0 Å². The first kappa shape index (κ1) is 13.1. The summed E-state index contributed by atoms with van der Waals surface area (Å²) < 4.78 is 0. The predicted octanol–water partition coefficient (Wildman–Crippen LogP) is 0.836. The molecule has 1 unspecified atom stereocenters. The average molecular weight is 248 g/mol. The van der Waals surface area contributed by atoms with E-state index in [4.69, 9.17) is 0 Å². The van der Waals surface area contributed by atoms with E-state index in [0.717, 1.165) is 18.4 Å². The number of rotatable bonds is 7. The van der Waals surface area contributed by atoms with Gasteiger partial charge < -0.3 is 15.7 Å². The maximum absolute atomic E-state index is 11.3. The van der Waals surface area contributed by atoms with E-state index in [0.29, 0.717) is 19.6 Å². The molecule has 1 fully saturated rings. The summed E-state index contributed by atoms with van der Waals surface area (Å²) >= 11 is 0. The Morgan fingerprint density at radius 3 is 2.67 bits per heavy atom. The topological polar surface area (TPSA) is 61.4 Å². The van der Waals surface area contributed by atoms with Crippen molar-refractivity contribution < 1.29 is 9.90 Å². The summed E-state index contributed by atoms with van der Waals surface area (Å²) in [6, 6.07) is 9.56. The van der Waals surface area contributed by atoms with Crippen LogP contribution < -0.4 is 10.6 Å². The lowest BCUT2D eigenvalue weighted by molar-refractivity contribution is -0.122. The van der Waals surface area contributed by atoms with Gasteiger partial charge in [0, 0.05) is 25.6 Å². The minimum Gasteiger partial charge on any atom is -0.387 e. The first-order chi connectivity index (χ1) is 8.77. The Balaban J connectivity index is 1.56. The Kier molecular flexibility index (Phi) is 4.73. The molecule has 1 amide bonds. The van der Waals surface area contributed by atoms with E-state index < -0.39 is 6.10 Å². The fourth-order valence-corrected chi connectivity index (χ4v) is 1.80. The monoisotopic (exact) mass is 248 g/mol. The Labute approximate surface area is 107 Å². The molecule has 1 aromatic carbocycles. The number of hydrogen-bond acceptors (Lipinski definition) is 3. The van der Waals surface area contributed by atoms with Crippen LogP contribution in [-0.4, -0.2) is 30.6 Å².